The highest BCUT2D eigenvalue weighted by molar-refractivity contribution is 5.48. The molecule has 1 aromatic heterocycles. The Hall–Kier alpha value is -1.36. The van der Waals surface area contributed by atoms with Crippen LogP contribution in [0.2, 0.25) is 0 Å². The minimum Gasteiger partial charge on any atom is -0.356 e. The maximum Gasteiger partial charge on any atom is 0.239 e. The van der Waals surface area contributed by atoms with Gasteiger partial charge in [-0.05, 0) is 26.2 Å². The molecule has 82 valence electrons. The Bertz CT molecular complexity index is 333. The predicted octanol–water partition coefficient (Wildman–Crippen LogP) is 1.06. The minimum atomic E-state index is 0.487. The Labute approximate surface area is 89.7 Å². The van der Waals surface area contributed by atoms with Crippen LogP contribution >= 0.6 is 0 Å². The summed E-state index contributed by atoms with van der Waals surface area (Å²) in [5, 5.41) is 0. The van der Waals surface area contributed by atoms with Gasteiger partial charge in [-0.1, -0.05) is 0 Å². The molecule has 2 heterocycles. The molecule has 5 nitrogen and oxygen atoms in total. The summed E-state index contributed by atoms with van der Waals surface area (Å²) in [6.45, 7) is 4.20. The van der Waals surface area contributed by atoms with Crippen LogP contribution in [0.3, 0.4) is 0 Å². The van der Waals surface area contributed by atoms with Gasteiger partial charge >= 0.3 is 0 Å². The van der Waals surface area contributed by atoms with Crippen molar-refractivity contribution in [3.8, 4) is 0 Å². The third-order valence-corrected chi connectivity index (χ3v) is 2.73. The molecule has 0 bridgehead atoms. The van der Waals surface area contributed by atoms with Gasteiger partial charge in [0.15, 0.2) is 0 Å². The molecule has 1 aromatic rings. The Kier molecular flexibility index (Phi) is 3.01. The van der Waals surface area contributed by atoms with Crippen molar-refractivity contribution >= 4 is 11.8 Å². The largest absolute Gasteiger partial charge is 0.356 e. The molecule has 1 saturated heterocycles. The molecular weight excluding hydrogens is 190 g/mol. The molecule has 5 heteroatoms. The van der Waals surface area contributed by atoms with Gasteiger partial charge in [-0.3, -0.25) is 5.43 Å². The van der Waals surface area contributed by atoms with E-state index in [1.54, 1.807) is 0 Å². The topological polar surface area (TPSA) is 67.1 Å². The van der Waals surface area contributed by atoms with Gasteiger partial charge in [-0.2, -0.15) is 4.98 Å². The number of hydrogen-bond acceptors (Lipinski definition) is 5. The summed E-state index contributed by atoms with van der Waals surface area (Å²) >= 11 is 0. The zero-order valence-corrected chi connectivity index (χ0v) is 9.03. The number of nitrogen functional groups attached to an aromatic ring is 1. The number of rotatable bonds is 2. The number of aromatic nitrogens is 2. The van der Waals surface area contributed by atoms with E-state index in [1.165, 1.54) is 19.3 Å². The second-order valence-corrected chi connectivity index (χ2v) is 3.89. The zero-order valence-electron chi connectivity index (χ0n) is 9.03. The SMILES string of the molecule is Cc1cnc(NN)nc1N1CCCCC1. The number of aryl methyl sites for hydroxylation is 1. The van der Waals surface area contributed by atoms with Crippen LogP contribution in [0.25, 0.3) is 0 Å². The Morgan fingerprint density at radius 1 is 1.33 bits per heavy atom. The van der Waals surface area contributed by atoms with E-state index in [0.717, 1.165) is 24.5 Å². The standard InChI is InChI=1S/C10H17N5/c1-8-7-12-10(14-11)13-9(8)15-5-3-2-4-6-15/h7H,2-6,11H2,1H3,(H,12,13,14). The number of nitrogens with two attached hydrogens (primary N) is 1. The summed E-state index contributed by atoms with van der Waals surface area (Å²) in [7, 11) is 0. The van der Waals surface area contributed by atoms with Crippen molar-refractivity contribution < 1.29 is 0 Å². The van der Waals surface area contributed by atoms with Crippen LogP contribution in [0.15, 0.2) is 6.20 Å². The molecule has 1 fully saturated rings. The van der Waals surface area contributed by atoms with E-state index in [2.05, 4.69) is 20.3 Å². The highest BCUT2D eigenvalue weighted by Gasteiger charge is 2.14. The first-order valence-corrected chi connectivity index (χ1v) is 5.36. The molecule has 0 aromatic carbocycles. The van der Waals surface area contributed by atoms with Crippen LogP contribution < -0.4 is 16.2 Å². The van der Waals surface area contributed by atoms with Gasteiger partial charge in [-0.25, -0.2) is 10.8 Å². The van der Waals surface area contributed by atoms with Crippen LogP contribution in [-0.2, 0) is 0 Å². The number of piperidine rings is 1. The van der Waals surface area contributed by atoms with Crippen molar-refractivity contribution in [2.24, 2.45) is 5.84 Å². The van der Waals surface area contributed by atoms with Crippen LogP contribution in [0, 0.1) is 6.92 Å². The highest BCUT2D eigenvalue weighted by atomic mass is 15.3. The average Bonchev–Trinajstić information content (AvgIpc) is 2.31. The van der Waals surface area contributed by atoms with Crippen molar-refractivity contribution in [1.82, 2.24) is 9.97 Å². The Morgan fingerprint density at radius 2 is 2.07 bits per heavy atom. The smallest absolute Gasteiger partial charge is 0.239 e. The lowest BCUT2D eigenvalue weighted by Gasteiger charge is -2.28. The molecule has 0 saturated carbocycles. The third-order valence-electron chi connectivity index (χ3n) is 2.73. The van der Waals surface area contributed by atoms with Crippen LogP contribution in [-0.4, -0.2) is 23.1 Å². The molecule has 0 amide bonds. The maximum atomic E-state index is 5.30. The van der Waals surface area contributed by atoms with Crippen LogP contribution in [0.5, 0.6) is 0 Å². The first kappa shape index (κ1) is 10.2. The molecular formula is C10H17N5. The van der Waals surface area contributed by atoms with Crippen LogP contribution in [0.1, 0.15) is 24.8 Å². The molecule has 2 rings (SSSR count). The number of hydrogen-bond donors (Lipinski definition) is 2. The molecule has 1 aliphatic rings. The Morgan fingerprint density at radius 3 is 2.73 bits per heavy atom. The average molecular weight is 207 g/mol. The lowest BCUT2D eigenvalue weighted by molar-refractivity contribution is 0.572. The monoisotopic (exact) mass is 207 g/mol. The predicted molar refractivity (Wildman–Crippen MR) is 60.6 cm³/mol. The van der Waals surface area contributed by atoms with E-state index < -0.39 is 0 Å². The number of nitrogens with zero attached hydrogens (tertiary/aromatic N) is 3. The Balaban J connectivity index is 2.24. The second-order valence-electron chi connectivity index (χ2n) is 3.89. The van der Waals surface area contributed by atoms with Crippen molar-refractivity contribution in [3.63, 3.8) is 0 Å². The van der Waals surface area contributed by atoms with E-state index in [0.29, 0.717) is 5.95 Å². The van der Waals surface area contributed by atoms with Gasteiger partial charge in [0, 0.05) is 24.8 Å². The second kappa shape index (κ2) is 4.44. The maximum absolute atomic E-state index is 5.30. The van der Waals surface area contributed by atoms with Gasteiger partial charge in [0.1, 0.15) is 5.82 Å². The molecule has 0 radical (unpaired) electrons. The number of hydrazine groups is 1. The number of nitrogens with one attached hydrogen (secondary N) is 1. The first-order valence-electron chi connectivity index (χ1n) is 5.36. The van der Waals surface area contributed by atoms with E-state index in [4.69, 9.17) is 5.84 Å². The van der Waals surface area contributed by atoms with Gasteiger partial charge in [0.25, 0.3) is 0 Å². The fourth-order valence-corrected chi connectivity index (χ4v) is 1.93. The normalized spacial score (nSPS) is 16.5. The van der Waals surface area contributed by atoms with Crippen molar-refractivity contribution in [3.05, 3.63) is 11.8 Å². The van der Waals surface area contributed by atoms with E-state index in [9.17, 15) is 0 Å². The van der Waals surface area contributed by atoms with Crippen molar-refractivity contribution in [1.29, 1.82) is 0 Å². The fourth-order valence-electron chi connectivity index (χ4n) is 1.93. The summed E-state index contributed by atoms with van der Waals surface area (Å²) in [6.07, 6.45) is 5.62. The van der Waals surface area contributed by atoms with E-state index in [1.807, 2.05) is 13.1 Å². The van der Waals surface area contributed by atoms with Gasteiger partial charge in [-0.15, -0.1) is 0 Å². The van der Waals surface area contributed by atoms with Gasteiger partial charge in [0.05, 0.1) is 0 Å². The summed E-state index contributed by atoms with van der Waals surface area (Å²) < 4.78 is 0. The van der Waals surface area contributed by atoms with Crippen LogP contribution in [0.4, 0.5) is 11.8 Å². The summed E-state index contributed by atoms with van der Waals surface area (Å²) in [6, 6.07) is 0. The molecule has 3 N–H and O–H groups in total. The molecule has 1 aliphatic heterocycles. The first-order chi connectivity index (χ1) is 7.31. The van der Waals surface area contributed by atoms with Crippen molar-refractivity contribution in [2.45, 2.75) is 26.2 Å². The molecule has 0 spiro atoms. The summed E-state index contributed by atoms with van der Waals surface area (Å²) in [4.78, 5) is 10.8. The summed E-state index contributed by atoms with van der Waals surface area (Å²) in [5.74, 6) is 6.80. The lowest BCUT2D eigenvalue weighted by Crippen LogP contribution is -2.31. The number of anilines is 2. The highest BCUT2D eigenvalue weighted by Crippen LogP contribution is 2.21. The van der Waals surface area contributed by atoms with E-state index in [-0.39, 0.29) is 0 Å². The van der Waals surface area contributed by atoms with Crippen molar-refractivity contribution in [2.75, 3.05) is 23.4 Å². The molecule has 0 unspecified atom stereocenters. The minimum absolute atomic E-state index is 0.487. The van der Waals surface area contributed by atoms with Gasteiger partial charge < -0.3 is 4.90 Å². The lowest BCUT2D eigenvalue weighted by atomic mass is 10.1. The zero-order chi connectivity index (χ0) is 10.7. The van der Waals surface area contributed by atoms with Gasteiger partial charge in [0.2, 0.25) is 5.95 Å². The quantitative estimate of drug-likeness (QED) is 0.560. The summed E-state index contributed by atoms with van der Waals surface area (Å²) in [5.41, 5.74) is 3.59. The molecule has 15 heavy (non-hydrogen) atoms. The molecule has 0 atom stereocenters. The fraction of sp³-hybridized carbons (Fsp3) is 0.600. The third kappa shape index (κ3) is 2.18. The van der Waals surface area contributed by atoms with E-state index >= 15 is 0 Å². The molecule has 0 aliphatic carbocycles.